The second kappa shape index (κ2) is 6.17. The van der Waals surface area contributed by atoms with Gasteiger partial charge in [0.05, 0.1) is 6.04 Å². The van der Waals surface area contributed by atoms with Crippen molar-refractivity contribution in [3.63, 3.8) is 0 Å². The first-order chi connectivity index (χ1) is 8.80. The predicted octanol–water partition coefficient (Wildman–Crippen LogP) is 4.18. The van der Waals surface area contributed by atoms with Crippen LogP contribution in [0.15, 0.2) is 36.4 Å². The summed E-state index contributed by atoms with van der Waals surface area (Å²) in [6.45, 7) is 4.43. The summed E-state index contributed by atoms with van der Waals surface area (Å²) in [5.41, 5.74) is 2.84. The van der Waals surface area contributed by atoms with Crippen LogP contribution in [0.4, 0.5) is 0 Å². The van der Waals surface area contributed by atoms with Gasteiger partial charge in [-0.05, 0) is 43.1 Å². The van der Waals surface area contributed by atoms with E-state index in [-0.39, 0.29) is 0 Å². The van der Waals surface area contributed by atoms with Crippen molar-refractivity contribution < 1.29 is 0 Å². The van der Waals surface area contributed by atoms with Crippen LogP contribution < -0.4 is 5.32 Å². The van der Waals surface area contributed by atoms with E-state index in [0.717, 1.165) is 12.8 Å². The van der Waals surface area contributed by atoms with Gasteiger partial charge in [-0.15, -0.1) is 11.3 Å². The Morgan fingerprint density at radius 3 is 2.44 bits per heavy atom. The first-order valence-electron chi connectivity index (χ1n) is 6.63. The second-order valence-corrected chi connectivity index (χ2v) is 5.63. The van der Waals surface area contributed by atoms with Crippen LogP contribution in [0.1, 0.15) is 40.8 Å². The Labute approximate surface area is 114 Å². The Balaban J connectivity index is 2.38. The average molecular weight is 259 g/mol. The molecule has 0 aliphatic carbocycles. The first-order valence-corrected chi connectivity index (χ1v) is 7.45. The van der Waals surface area contributed by atoms with Crippen molar-refractivity contribution in [3.05, 3.63) is 57.3 Å². The Hall–Kier alpha value is -1.12. The molecular formula is C16H21NS. The molecular weight excluding hydrogens is 238 g/mol. The van der Waals surface area contributed by atoms with Crippen LogP contribution in [0.2, 0.25) is 0 Å². The molecule has 1 heterocycles. The molecule has 96 valence electrons. The summed E-state index contributed by atoms with van der Waals surface area (Å²) in [6, 6.07) is 13.6. The van der Waals surface area contributed by atoms with E-state index in [1.807, 2.05) is 18.4 Å². The summed E-state index contributed by atoms with van der Waals surface area (Å²) in [5, 5.41) is 3.46. The number of hydrogen-bond donors (Lipinski definition) is 1. The molecule has 0 spiro atoms. The van der Waals surface area contributed by atoms with Gasteiger partial charge in [-0.1, -0.05) is 38.1 Å². The molecule has 2 heteroatoms. The van der Waals surface area contributed by atoms with Crippen LogP contribution >= 0.6 is 11.3 Å². The second-order valence-electron chi connectivity index (χ2n) is 4.43. The number of nitrogens with one attached hydrogen (secondary N) is 1. The van der Waals surface area contributed by atoms with Gasteiger partial charge < -0.3 is 5.32 Å². The van der Waals surface area contributed by atoms with Gasteiger partial charge in [0, 0.05) is 9.75 Å². The van der Waals surface area contributed by atoms with Gasteiger partial charge in [-0.25, -0.2) is 0 Å². The van der Waals surface area contributed by atoms with Crippen LogP contribution in [0.25, 0.3) is 0 Å². The van der Waals surface area contributed by atoms with E-state index in [0.29, 0.717) is 6.04 Å². The highest BCUT2D eigenvalue weighted by Crippen LogP contribution is 2.30. The minimum atomic E-state index is 0.325. The zero-order valence-electron chi connectivity index (χ0n) is 11.4. The van der Waals surface area contributed by atoms with Crippen molar-refractivity contribution in [2.75, 3.05) is 7.05 Å². The molecule has 1 aromatic heterocycles. The smallest absolute Gasteiger partial charge is 0.0671 e. The number of rotatable bonds is 5. The molecule has 2 aromatic rings. The van der Waals surface area contributed by atoms with E-state index in [1.54, 1.807) is 0 Å². The highest BCUT2D eigenvalue weighted by atomic mass is 32.1. The lowest BCUT2D eigenvalue weighted by atomic mass is 9.97. The van der Waals surface area contributed by atoms with Crippen LogP contribution in [0.3, 0.4) is 0 Å². The van der Waals surface area contributed by atoms with E-state index < -0.39 is 0 Å². The summed E-state index contributed by atoms with van der Waals surface area (Å²) < 4.78 is 0. The van der Waals surface area contributed by atoms with Crippen molar-refractivity contribution in [1.82, 2.24) is 5.32 Å². The molecule has 0 radical (unpaired) electrons. The third kappa shape index (κ3) is 2.65. The predicted molar refractivity (Wildman–Crippen MR) is 80.4 cm³/mol. The van der Waals surface area contributed by atoms with Crippen molar-refractivity contribution >= 4 is 11.3 Å². The zero-order chi connectivity index (χ0) is 13.0. The minimum absolute atomic E-state index is 0.325. The maximum atomic E-state index is 3.46. The molecule has 0 amide bonds. The van der Waals surface area contributed by atoms with Crippen LogP contribution in [-0.4, -0.2) is 7.05 Å². The van der Waals surface area contributed by atoms with Gasteiger partial charge in [0.2, 0.25) is 0 Å². The summed E-state index contributed by atoms with van der Waals surface area (Å²) in [7, 11) is 2.04. The fraction of sp³-hybridized carbons (Fsp3) is 0.375. The third-order valence-corrected chi connectivity index (χ3v) is 4.65. The minimum Gasteiger partial charge on any atom is -0.309 e. The Kier molecular flexibility index (Phi) is 4.56. The van der Waals surface area contributed by atoms with Crippen molar-refractivity contribution in [2.24, 2.45) is 0 Å². The van der Waals surface area contributed by atoms with E-state index >= 15 is 0 Å². The zero-order valence-corrected chi connectivity index (χ0v) is 12.2. The number of aryl methyl sites for hydroxylation is 2. The first kappa shape index (κ1) is 13.3. The molecule has 0 saturated carbocycles. The van der Waals surface area contributed by atoms with Gasteiger partial charge in [-0.2, -0.15) is 0 Å². The van der Waals surface area contributed by atoms with E-state index in [1.165, 1.54) is 20.9 Å². The van der Waals surface area contributed by atoms with Gasteiger partial charge in [-0.3, -0.25) is 0 Å². The molecule has 1 nitrogen and oxygen atoms in total. The largest absolute Gasteiger partial charge is 0.309 e. The van der Waals surface area contributed by atoms with Crippen LogP contribution in [0, 0.1) is 0 Å². The molecule has 0 aliphatic rings. The fourth-order valence-corrected chi connectivity index (χ4v) is 3.41. The maximum absolute atomic E-state index is 3.46. The monoisotopic (exact) mass is 259 g/mol. The van der Waals surface area contributed by atoms with Crippen molar-refractivity contribution in [3.8, 4) is 0 Å². The quantitative estimate of drug-likeness (QED) is 0.849. The molecule has 18 heavy (non-hydrogen) atoms. The number of benzene rings is 1. The Morgan fingerprint density at radius 1 is 1.06 bits per heavy atom. The Bertz CT molecular complexity index is 501. The summed E-state index contributed by atoms with van der Waals surface area (Å²) in [5.74, 6) is 0. The van der Waals surface area contributed by atoms with Gasteiger partial charge in [0.1, 0.15) is 0 Å². The van der Waals surface area contributed by atoms with Gasteiger partial charge >= 0.3 is 0 Å². The maximum Gasteiger partial charge on any atom is 0.0671 e. The standard InChI is InChI=1S/C16H21NS/c1-4-12-8-6-7-9-14(12)16(17-3)15-11-10-13(5-2)18-15/h6-11,16-17H,4-5H2,1-3H3. The van der Waals surface area contributed by atoms with Gasteiger partial charge in [0.25, 0.3) is 0 Å². The molecule has 2 rings (SSSR count). The molecule has 0 saturated heterocycles. The third-order valence-electron chi connectivity index (χ3n) is 3.35. The molecule has 0 aliphatic heterocycles. The van der Waals surface area contributed by atoms with Crippen molar-refractivity contribution in [2.45, 2.75) is 32.7 Å². The molecule has 1 N–H and O–H groups in total. The molecule has 0 fully saturated rings. The van der Waals surface area contributed by atoms with Crippen molar-refractivity contribution in [1.29, 1.82) is 0 Å². The lowest BCUT2D eigenvalue weighted by molar-refractivity contribution is 0.696. The SMILES string of the molecule is CCc1ccc(C(NC)c2ccccc2CC)s1. The molecule has 1 atom stereocenters. The van der Waals surface area contributed by atoms with E-state index in [2.05, 4.69) is 55.6 Å². The fourth-order valence-electron chi connectivity index (χ4n) is 2.33. The molecule has 1 unspecified atom stereocenters. The number of hydrogen-bond acceptors (Lipinski definition) is 2. The summed E-state index contributed by atoms with van der Waals surface area (Å²) in [6.07, 6.45) is 2.21. The topological polar surface area (TPSA) is 12.0 Å². The summed E-state index contributed by atoms with van der Waals surface area (Å²) in [4.78, 5) is 2.87. The lowest BCUT2D eigenvalue weighted by Crippen LogP contribution is -2.18. The molecule has 0 bridgehead atoms. The van der Waals surface area contributed by atoms with E-state index in [4.69, 9.17) is 0 Å². The summed E-state index contributed by atoms with van der Waals surface area (Å²) >= 11 is 1.92. The Morgan fingerprint density at radius 2 is 1.83 bits per heavy atom. The van der Waals surface area contributed by atoms with Gasteiger partial charge in [0.15, 0.2) is 0 Å². The van der Waals surface area contributed by atoms with Crippen LogP contribution in [-0.2, 0) is 12.8 Å². The molecule has 1 aromatic carbocycles. The average Bonchev–Trinajstić information content (AvgIpc) is 2.89. The normalized spacial score (nSPS) is 12.6. The number of thiophene rings is 1. The highest BCUT2D eigenvalue weighted by Gasteiger charge is 2.16. The van der Waals surface area contributed by atoms with E-state index in [9.17, 15) is 0 Å². The lowest BCUT2D eigenvalue weighted by Gasteiger charge is -2.18. The highest BCUT2D eigenvalue weighted by molar-refractivity contribution is 7.12. The van der Waals surface area contributed by atoms with Crippen LogP contribution in [0.5, 0.6) is 0 Å².